The average molecular weight is 499 g/mol. The van der Waals surface area contributed by atoms with Crippen molar-refractivity contribution in [3.63, 3.8) is 0 Å². The van der Waals surface area contributed by atoms with E-state index in [0.717, 1.165) is 15.4 Å². The van der Waals surface area contributed by atoms with Crippen LogP contribution < -0.4 is 18.5 Å². The Labute approximate surface area is 206 Å². The topological polar surface area (TPSA) is 85.4 Å². The van der Waals surface area contributed by atoms with Gasteiger partial charge in [0.1, 0.15) is 23.8 Å². The summed E-state index contributed by atoms with van der Waals surface area (Å²) in [5, 5.41) is 0. The monoisotopic (exact) mass is 498 g/mol. The zero-order valence-corrected chi connectivity index (χ0v) is 21.3. The number of carbonyl (C=O) groups is 1. The van der Waals surface area contributed by atoms with E-state index in [1.165, 1.54) is 31.3 Å². The molecule has 0 radical (unpaired) electrons. The SMILES string of the molecule is COc1ccc(CN(C)C(=O)CN(c2ccc(OC)cc2OC)S(=O)(=O)c2ccc(C)cc2)cc1. The fourth-order valence-electron chi connectivity index (χ4n) is 3.46. The van der Waals surface area contributed by atoms with Crippen LogP contribution in [0.25, 0.3) is 0 Å². The summed E-state index contributed by atoms with van der Waals surface area (Å²) in [6.45, 7) is 1.77. The molecule has 0 bridgehead atoms. The van der Waals surface area contributed by atoms with Crippen LogP contribution in [0.3, 0.4) is 0 Å². The Hall–Kier alpha value is -3.72. The minimum absolute atomic E-state index is 0.0755. The maximum Gasteiger partial charge on any atom is 0.264 e. The number of amides is 1. The predicted molar refractivity (Wildman–Crippen MR) is 135 cm³/mol. The predicted octanol–water partition coefficient (Wildman–Crippen LogP) is 3.87. The summed E-state index contributed by atoms with van der Waals surface area (Å²) in [5.41, 5.74) is 2.05. The molecule has 0 unspecified atom stereocenters. The van der Waals surface area contributed by atoms with Crippen LogP contribution in [0.1, 0.15) is 11.1 Å². The van der Waals surface area contributed by atoms with Gasteiger partial charge in [-0.15, -0.1) is 0 Å². The summed E-state index contributed by atoms with van der Waals surface area (Å²) < 4.78 is 44.4. The molecule has 0 aliphatic heterocycles. The number of aryl methyl sites for hydroxylation is 1. The van der Waals surface area contributed by atoms with E-state index in [1.807, 2.05) is 31.2 Å². The highest BCUT2D eigenvalue weighted by atomic mass is 32.2. The van der Waals surface area contributed by atoms with Crippen LogP contribution in [-0.4, -0.2) is 54.1 Å². The number of ether oxygens (including phenoxy) is 3. The van der Waals surface area contributed by atoms with Crippen molar-refractivity contribution >= 4 is 21.6 Å². The molecule has 0 saturated carbocycles. The Morgan fingerprint density at radius 3 is 2.00 bits per heavy atom. The summed E-state index contributed by atoms with van der Waals surface area (Å²) in [6.07, 6.45) is 0. The molecule has 0 aromatic heterocycles. The second-order valence-electron chi connectivity index (χ2n) is 7.96. The number of anilines is 1. The van der Waals surface area contributed by atoms with Gasteiger partial charge in [-0.25, -0.2) is 8.42 Å². The number of carbonyl (C=O) groups excluding carboxylic acids is 1. The molecule has 0 heterocycles. The second-order valence-corrected chi connectivity index (χ2v) is 9.82. The van der Waals surface area contributed by atoms with Crippen molar-refractivity contribution in [1.29, 1.82) is 0 Å². The molecule has 0 atom stereocenters. The van der Waals surface area contributed by atoms with Crippen molar-refractivity contribution < 1.29 is 27.4 Å². The lowest BCUT2D eigenvalue weighted by Crippen LogP contribution is -2.41. The van der Waals surface area contributed by atoms with E-state index in [0.29, 0.717) is 18.0 Å². The molecule has 1 amide bonds. The van der Waals surface area contributed by atoms with Gasteiger partial charge in [0, 0.05) is 19.7 Å². The van der Waals surface area contributed by atoms with Gasteiger partial charge in [0.2, 0.25) is 5.91 Å². The number of benzene rings is 3. The van der Waals surface area contributed by atoms with Crippen molar-refractivity contribution in [2.24, 2.45) is 0 Å². The molecule has 0 aliphatic carbocycles. The van der Waals surface area contributed by atoms with E-state index < -0.39 is 16.6 Å². The lowest BCUT2D eigenvalue weighted by atomic mass is 10.2. The molecule has 0 aliphatic rings. The van der Waals surface area contributed by atoms with Gasteiger partial charge in [0.25, 0.3) is 10.0 Å². The third-order valence-corrected chi connectivity index (χ3v) is 7.32. The first-order valence-electron chi connectivity index (χ1n) is 10.9. The van der Waals surface area contributed by atoms with Crippen LogP contribution in [0.15, 0.2) is 71.6 Å². The van der Waals surface area contributed by atoms with Gasteiger partial charge in [-0.2, -0.15) is 0 Å². The minimum atomic E-state index is -4.09. The summed E-state index contributed by atoms with van der Waals surface area (Å²) in [4.78, 5) is 14.8. The molecular weight excluding hydrogens is 468 g/mol. The van der Waals surface area contributed by atoms with Gasteiger partial charge in [0.15, 0.2) is 0 Å². The van der Waals surface area contributed by atoms with Gasteiger partial charge in [0.05, 0.1) is 31.9 Å². The van der Waals surface area contributed by atoms with Gasteiger partial charge in [-0.05, 0) is 48.9 Å². The molecule has 35 heavy (non-hydrogen) atoms. The first-order chi connectivity index (χ1) is 16.7. The van der Waals surface area contributed by atoms with Crippen LogP contribution in [-0.2, 0) is 21.4 Å². The quantitative estimate of drug-likeness (QED) is 0.422. The molecule has 186 valence electrons. The molecule has 3 aromatic carbocycles. The highest BCUT2D eigenvalue weighted by Gasteiger charge is 2.30. The normalized spacial score (nSPS) is 11.0. The molecule has 3 aromatic rings. The fourth-order valence-corrected chi connectivity index (χ4v) is 4.89. The van der Waals surface area contributed by atoms with Crippen LogP contribution in [0.2, 0.25) is 0 Å². The highest BCUT2D eigenvalue weighted by Crippen LogP contribution is 2.35. The zero-order valence-electron chi connectivity index (χ0n) is 20.5. The zero-order chi connectivity index (χ0) is 25.6. The van der Waals surface area contributed by atoms with E-state index in [4.69, 9.17) is 14.2 Å². The largest absolute Gasteiger partial charge is 0.497 e. The van der Waals surface area contributed by atoms with E-state index in [1.54, 1.807) is 44.5 Å². The Balaban J connectivity index is 1.96. The van der Waals surface area contributed by atoms with Gasteiger partial charge in [-0.1, -0.05) is 29.8 Å². The third kappa shape index (κ3) is 6.05. The summed E-state index contributed by atoms with van der Waals surface area (Å²) >= 11 is 0. The first-order valence-corrected chi connectivity index (χ1v) is 12.3. The standard InChI is InChI=1S/C26H30N2O6S/c1-19-6-13-23(14-7-19)35(30,31)28(24-15-12-22(33-4)16-25(24)34-5)18-26(29)27(2)17-20-8-10-21(32-3)11-9-20/h6-16H,17-18H2,1-5H3. The van der Waals surface area contributed by atoms with Crippen LogP contribution in [0, 0.1) is 6.92 Å². The molecular formula is C26H30N2O6S. The van der Waals surface area contributed by atoms with E-state index in [2.05, 4.69) is 0 Å². The molecule has 3 rings (SSSR count). The number of hydrogen-bond acceptors (Lipinski definition) is 6. The van der Waals surface area contributed by atoms with Gasteiger partial charge >= 0.3 is 0 Å². The van der Waals surface area contributed by atoms with Crippen molar-refractivity contribution in [3.8, 4) is 17.2 Å². The summed E-state index contributed by atoms with van der Waals surface area (Å²) in [6, 6.07) is 18.6. The first kappa shape index (κ1) is 25.9. The van der Waals surface area contributed by atoms with Crippen LogP contribution in [0.5, 0.6) is 17.2 Å². The molecule has 0 N–H and O–H groups in total. The molecule has 0 spiro atoms. The van der Waals surface area contributed by atoms with E-state index >= 15 is 0 Å². The highest BCUT2D eigenvalue weighted by molar-refractivity contribution is 7.92. The van der Waals surface area contributed by atoms with Crippen LogP contribution >= 0.6 is 0 Å². The number of likely N-dealkylation sites (N-methyl/N-ethyl adjacent to an activating group) is 1. The molecule has 8 nitrogen and oxygen atoms in total. The Morgan fingerprint density at radius 1 is 0.829 bits per heavy atom. The Bertz CT molecular complexity index is 1260. The Kier molecular flexibility index (Phi) is 8.24. The molecule has 0 fully saturated rings. The number of hydrogen-bond donors (Lipinski definition) is 0. The number of nitrogens with zero attached hydrogens (tertiary/aromatic N) is 2. The third-order valence-electron chi connectivity index (χ3n) is 5.55. The molecule has 0 saturated heterocycles. The lowest BCUT2D eigenvalue weighted by Gasteiger charge is -2.28. The van der Waals surface area contributed by atoms with E-state index in [9.17, 15) is 13.2 Å². The smallest absolute Gasteiger partial charge is 0.264 e. The van der Waals surface area contributed by atoms with Crippen molar-refractivity contribution in [2.45, 2.75) is 18.4 Å². The second kappa shape index (κ2) is 11.1. The number of sulfonamides is 1. The van der Waals surface area contributed by atoms with Crippen LogP contribution in [0.4, 0.5) is 5.69 Å². The van der Waals surface area contributed by atoms with Gasteiger partial charge < -0.3 is 19.1 Å². The van der Waals surface area contributed by atoms with Crippen molar-refractivity contribution in [2.75, 3.05) is 39.2 Å². The maximum absolute atomic E-state index is 13.7. The minimum Gasteiger partial charge on any atom is -0.497 e. The number of rotatable bonds is 10. The average Bonchev–Trinajstić information content (AvgIpc) is 2.87. The van der Waals surface area contributed by atoms with Gasteiger partial charge in [-0.3, -0.25) is 9.10 Å². The fraction of sp³-hybridized carbons (Fsp3) is 0.269. The van der Waals surface area contributed by atoms with E-state index in [-0.39, 0.29) is 22.2 Å². The number of methoxy groups -OCH3 is 3. The summed E-state index contributed by atoms with van der Waals surface area (Å²) in [5.74, 6) is 1.10. The van der Waals surface area contributed by atoms with Crippen molar-refractivity contribution in [3.05, 3.63) is 77.9 Å². The lowest BCUT2D eigenvalue weighted by molar-refractivity contribution is -0.128. The Morgan fingerprint density at radius 2 is 1.43 bits per heavy atom. The molecule has 9 heteroatoms. The summed E-state index contributed by atoms with van der Waals surface area (Å²) in [7, 11) is 2.08. The maximum atomic E-state index is 13.7. The van der Waals surface area contributed by atoms with Crippen molar-refractivity contribution in [1.82, 2.24) is 4.90 Å².